The van der Waals surface area contributed by atoms with E-state index < -0.39 is 0 Å². The van der Waals surface area contributed by atoms with Gasteiger partial charge in [0.25, 0.3) is 0 Å². The molecule has 110 valence electrons. The minimum absolute atomic E-state index is 0.0998. The van der Waals surface area contributed by atoms with Gasteiger partial charge in [0.15, 0.2) is 0 Å². The topological polar surface area (TPSA) is 47.6 Å². The molecule has 0 spiro atoms. The van der Waals surface area contributed by atoms with Crippen LogP contribution in [0.4, 0.5) is 5.69 Å². The summed E-state index contributed by atoms with van der Waals surface area (Å²) in [6.45, 7) is 0. The number of benzene rings is 2. The molecule has 4 nitrogen and oxygen atoms in total. The Morgan fingerprint density at radius 1 is 1.05 bits per heavy atom. The van der Waals surface area contributed by atoms with Gasteiger partial charge >= 0.3 is 0 Å². The van der Waals surface area contributed by atoms with Crippen molar-refractivity contribution in [2.45, 2.75) is 11.3 Å². The Balaban J connectivity index is 2.06. The van der Waals surface area contributed by atoms with Crippen LogP contribution in [0.3, 0.4) is 0 Å². The molecule has 0 bridgehead atoms. The predicted molar refractivity (Wildman–Crippen MR) is 85.6 cm³/mol. The number of anilines is 1. The molecule has 0 saturated carbocycles. The lowest BCUT2D eigenvalue weighted by Gasteiger charge is -2.10. The summed E-state index contributed by atoms with van der Waals surface area (Å²) in [4.78, 5) is 12.9. The Morgan fingerprint density at radius 3 is 2.14 bits per heavy atom. The lowest BCUT2D eigenvalue weighted by Crippen LogP contribution is -2.14. The first-order valence-electron chi connectivity index (χ1n) is 6.41. The largest absolute Gasteiger partial charge is 0.497 e. The number of carbonyl (C=O) groups excluding carboxylic acids is 1. The van der Waals surface area contributed by atoms with E-state index in [0.717, 1.165) is 10.5 Å². The summed E-state index contributed by atoms with van der Waals surface area (Å²) >= 11 is 4.22. The molecule has 0 fully saturated rings. The number of hydrogen-bond acceptors (Lipinski definition) is 4. The first-order chi connectivity index (χ1) is 10.1. The van der Waals surface area contributed by atoms with Crippen LogP contribution in [0, 0.1) is 0 Å². The normalized spacial score (nSPS) is 10.0. The van der Waals surface area contributed by atoms with Crippen molar-refractivity contribution < 1.29 is 14.3 Å². The zero-order valence-electron chi connectivity index (χ0n) is 11.9. The van der Waals surface area contributed by atoms with Crippen LogP contribution in [-0.2, 0) is 11.2 Å². The van der Waals surface area contributed by atoms with Crippen LogP contribution >= 0.6 is 12.6 Å². The number of rotatable bonds is 5. The third kappa shape index (κ3) is 4.43. The number of amides is 1. The van der Waals surface area contributed by atoms with Gasteiger partial charge in [0, 0.05) is 28.8 Å². The Bertz CT molecular complexity index is 604. The van der Waals surface area contributed by atoms with Crippen LogP contribution in [0.15, 0.2) is 47.4 Å². The molecule has 0 heterocycles. The van der Waals surface area contributed by atoms with Gasteiger partial charge in [0.1, 0.15) is 11.5 Å². The third-order valence-corrected chi connectivity index (χ3v) is 3.23. The number of carbonyl (C=O) groups is 1. The van der Waals surface area contributed by atoms with Crippen molar-refractivity contribution in [3.8, 4) is 11.5 Å². The van der Waals surface area contributed by atoms with Gasteiger partial charge in [-0.3, -0.25) is 4.79 Å². The molecule has 0 unspecified atom stereocenters. The minimum Gasteiger partial charge on any atom is -0.497 e. The molecule has 0 radical (unpaired) electrons. The second kappa shape index (κ2) is 7.04. The first-order valence-corrected chi connectivity index (χ1v) is 6.86. The Kier molecular flexibility index (Phi) is 5.11. The Morgan fingerprint density at radius 2 is 1.62 bits per heavy atom. The van der Waals surface area contributed by atoms with Gasteiger partial charge in [-0.1, -0.05) is 12.1 Å². The number of hydrogen-bond donors (Lipinski definition) is 2. The third-order valence-electron chi connectivity index (χ3n) is 2.94. The maximum absolute atomic E-state index is 12.1. The fraction of sp³-hybridized carbons (Fsp3) is 0.188. The summed E-state index contributed by atoms with van der Waals surface area (Å²) in [5.41, 5.74) is 1.57. The van der Waals surface area contributed by atoms with Crippen LogP contribution < -0.4 is 14.8 Å². The van der Waals surface area contributed by atoms with Gasteiger partial charge in [0.2, 0.25) is 5.91 Å². The molecule has 0 aliphatic rings. The standard InChI is InChI=1S/C16H17NO3S/c1-19-13-8-12(9-14(10-13)20-2)17-16(18)7-11-3-5-15(21)6-4-11/h3-6,8-10,21H,7H2,1-2H3,(H,17,18). The van der Waals surface area contributed by atoms with Crippen molar-refractivity contribution in [3.63, 3.8) is 0 Å². The molecule has 1 amide bonds. The van der Waals surface area contributed by atoms with E-state index in [1.54, 1.807) is 32.4 Å². The number of ether oxygens (including phenoxy) is 2. The van der Waals surface area contributed by atoms with Crippen LogP contribution in [0.5, 0.6) is 11.5 Å². The second-order valence-corrected chi connectivity index (χ2v) is 5.01. The van der Waals surface area contributed by atoms with Crippen LogP contribution in [0.1, 0.15) is 5.56 Å². The predicted octanol–water partition coefficient (Wildman–Crippen LogP) is 3.17. The van der Waals surface area contributed by atoms with E-state index in [2.05, 4.69) is 17.9 Å². The molecular weight excluding hydrogens is 286 g/mol. The zero-order valence-corrected chi connectivity index (χ0v) is 12.8. The number of methoxy groups -OCH3 is 2. The average Bonchev–Trinajstić information content (AvgIpc) is 2.49. The maximum atomic E-state index is 12.1. The summed E-state index contributed by atoms with van der Waals surface area (Å²) in [6.07, 6.45) is 0.299. The SMILES string of the molecule is COc1cc(NC(=O)Cc2ccc(S)cc2)cc(OC)c1. The summed E-state index contributed by atoms with van der Waals surface area (Å²) in [7, 11) is 3.14. The van der Waals surface area contributed by atoms with Crippen molar-refractivity contribution in [2.75, 3.05) is 19.5 Å². The summed E-state index contributed by atoms with van der Waals surface area (Å²) in [5, 5.41) is 2.84. The molecular formula is C16H17NO3S. The van der Waals surface area contributed by atoms with Crippen molar-refractivity contribution in [1.82, 2.24) is 0 Å². The minimum atomic E-state index is -0.0998. The average molecular weight is 303 g/mol. The van der Waals surface area contributed by atoms with Crippen molar-refractivity contribution in [3.05, 3.63) is 48.0 Å². The first kappa shape index (κ1) is 15.3. The van der Waals surface area contributed by atoms with E-state index in [-0.39, 0.29) is 5.91 Å². The summed E-state index contributed by atoms with van der Waals surface area (Å²) in [5.74, 6) is 1.16. The fourth-order valence-corrected chi connectivity index (χ4v) is 2.03. The van der Waals surface area contributed by atoms with Gasteiger partial charge < -0.3 is 14.8 Å². The highest BCUT2D eigenvalue weighted by Gasteiger charge is 2.07. The maximum Gasteiger partial charge on any atom is 0.228 e. The zero-order chi connectivity index (χ0) is 15.2. The van der Waals surface area contributed by atoms with Crippen LogP contribution in [0.2, 0.25) is 0 Å². The smallest absolute Gasteiger partial charge is 0.228 e. The van der Waals surface area contributed by atoms with E-state index in [1.807, 2.05) is 24.3 Å². The van der Waals surface area contributed by atoms with Gasteiger partial charge in [-0.2, -0.15) is 0 Å². The van der Waals surface area contributed by atoms with E-state index >= 15 is 0 Å². The van der Waals surface area contributed by atoms with Crippen LogP contribution in [0.25, 0.3) is 0 Å². The molecule has 2 rings (SSSR count). The molecule has 0 aliphatic carbocycles. The molecule has 0 atom stereocenters. The van der Waals surface area contributed by atoms with Gasteiger partial charge in [-0.25, -0.2) is 0 Å². The lowest BCUT2D eigenvalue weighted by molar-refractivity contribution is -0.115. The van der Waals surface area contributed by atoms with Gasteiger partial charge in [-0.05, 0) is 17.7 Å². The van der Waals surface area contributed by atoms with E-state index in [0.29, 0.717) is 23.6 Å². The lowest BCUT2D eigenvalue weighted by atomic mass is 10.1. The number of thiol groups is 1. The van der Waals surface area contributed by atoms with Gasteiger partial charge in [-0.15, -0.1) is 12.6 Å². The Labute approximate surface area is 129 Å². The molecule has 21 heavy (non-hydrogen) atoms. The van der Waals surface area contributed by atoms with Crippen molar-refractivity contribution >= 4 is 24.2 Å². The van der Waals surface area contributed by atoms with Crippen LogP contribution in [-0.4, -0.2) is 20.1 Å². The summed E-state index contributed by atoms with van der Waals surface area (Å²) in [6, 6.07) is 12.7. The van der Waals surface area contributed by atoms with E-state index in [1.165, 1.54) is 0 Å². The van der Waals surface area contributed by atoms with E-state index in [4.69, 9.17) is 9.47 Å². The molecule has 5 heteroatoms. The Hall–Kier alpha value is -2.14. The molecule has 2 aromatic rings. The molecule has 1 N–H and O–H groups in total. The van der Waals surface area contributed by atoms with Crippen molar-refractivity contribution in [1.29, 1.82) is 0 Å². The van der Waals surface area contributed by atoms with E-state index in [9.17, 15) is 4.79 Å². The highest BCUT2D eigenvalue weighted by atomic mass is 32.1. The fourth-order valence-electron chi connectivity index (χ4n) is 1.88. The second-order valence-electron chi connectivity index (χ2n) is 4.49. The number of nitrogens with one attached hydrogen (secondary N) is 1. The molecule has 0 aromatic heterocycles. The van der Waals surface area contributed by atoms with Crippen molar-refractivity contribution in [2.24, 2.45) is 0 Å². The molecule has 2 aromatic carbocycles. The van der Waals surface area contributed by atoms with Gasteiger partial charge in [0.05, 0.1) is 20.6 Å². The molecule has 0 aliphatic heterocycles. The summed E-state index contributed by atoms with van der Waals surface area (Å²) < 4.78 is 10.3. The highest BCUT2D eigenvalue weighted by Crippen LogP contribution is 2.25. The highest BCUT2D eigenvalue weighted by molar-refractivity contribution is 7.80. The quantitative estimate of drug-likeness (QED) is 0.834. The monoisotopic (exact) mass is 303 g/mol. The molecule has 0 saturated heterocycles.